The maximum Gasteiger partial charge on any atom is 0.293 e. The highest BCUT2D eigenvalue weighted by molar-refractivity contribution is 6.31. The summed E-state index contributed by atoms with van der Waals surface area (Å²) in [5, 5.41) is 18.0. The molecule has 0 unspecified atom stereocenters. The molecule has 3 aromatic rings. The van der Waals surface area contributed by atoms with Gasteiger partial charge >= 0.3 is 0 Å². The summed E-state index contributed by atoms with van der Waals surface area (Å²) in [4.78, 5) is 23.7. The number of benzene rings is 3. The van der Waals surface area contributed by atoms with Gasteiger partial charge in [-0.3, -0.25) is 14.9 Å². The summed E-state index contributed by atoms with van der Waals surface area (Å²) in [6.45, 7) is 3.76. The van der Waals surface area contributed by atoms with Gasteiger partial charge in [0.25, 0.3) is 11.6 Å². The van der Waals surface area contributed by atoms with Crippen molar-refractivity contribution in [1.29, 1.82) is 0 Å². The number of carbonyl (C=O) groups is 1. The standard InChI is InChI=1S/C22H20ClN3O3/c1-14-8-10-18(23)13-20(14)25-22(27)17-9-11-19(21(12-17)26(28)29)24-15(2)16-6-4-3-5-7-16/h3-13,15,24H,1-2H3,(H,25,27)/t15-/m0/s1. The number of hydrogen-bond donors (Lipinski definition) is 2. The molecule has 0 aliphatic rings. The van der Waals surface area contributed by atoms with Crippen molar-refractivity contribution in [3.05, 3.63) is 98.6 Å². The van der Waals surface area contributed by atoms with Crippen LogP contribution in [0, 0.1) is 17.0 Å². The molecule has 0 aliphatic carbocycles. The number of nitro benzene ring substituents is 1. The van der Waals surface area contributed by atoms with Crippen molar-refractivity contribution in [2.45, 2.75) is 19.9 Å². The molecule has 148 valence electrons. The first-order valence-electron chi connectivity index (χ1n) is 9.02. The van der Waals surface area contributed by atoms with Gasteiger partial charge in [-0.2, -0.15) is 0 Å². The van der Waals surface area contributed by atoms with E-state index in [-0.39, 0.29) is 17.3 Å². The molecular weight excluding hydrogens is 390 g/mol. The molecule has 0 saturated heterocycles. The molecule has 0 heterocycles. The van der Waals surface area contributed by atoms with Crippen molar-refractivity contribution >= 4 is 34.6 Å². The molecule has 1 amide bonds. The number of amides is 1. The molecule has 1 atom stereocenters. The Balaban J connectivity index is 1.84. The first-order valence-corrected chi connectivity index (χ1v) is 9.40. The minimum atomic E-state index is -0.499. The molecule has 0 fully saturated rings. The number of anilines is 2. The van der Waals surface area contributed by atoms with Crippen LogP contribution >= 0.6 is 11.6 Å². The van der Waals surface area contributed by atoms with E-state index < -0.39 is 10.8 Å². The second-order valence-corrected chi connectivity index (χ2v) is 7.12. The summed E-state index contributed by atoms with van der Waals surface area (Å²) in [5.74, 6) is -0.443. The van der Waals surface area contributed by atoms with E-state index in [4.69, 9.17) is 11.6 Å². The van der Waals surface area contributed by atoms with Crippen molar-refractivity contribution in [2.75, 3.05) is 10.6 Å². The van der Waals surface area contributed by atoms with E-state index in [1.807, 2.05) is 44.2 Å². The summed E-state index contributed by atoms with van der Waals surface area (Å²) in [6, 6.07) is 19.0. The molecule has 0 bridgehead atoms. The second kappa shape index (κ2) is 8.75. The van der Waals surface area contributed by atoms with E-state index in [1.165, 1.54) is 6.07 Å². The average molecular weight is 410 g/mol. The Morgan fingerprint density at radius 1 is 1.03 bits per heavy atom. The fraction of sp³-hybridized carbons (Fsp3) is 0.136. The zero-order valence-corrected chi connectivity index (χ0v) is 16.7. The molecule has 0 aliphatic heterocycles. The Kier molecular flexibility index (Phi) is 6.14. The number of rotatable bonds is 6. The lowest BCUT2D eigenvalue weighted by molar-refractivity contribution is -0.384. The van der Waals surface area contributed by atoms with Gasteiger partial charge in [-0.1, -0.05) is 48.0 Å². The zero-order chi connectivity index (χ0) is 21.0. The molecule has 6 nitrogen and oxygen atoms in total. The molecular formula is C22H20ClN3O3. The minimum absolute atomic E-state index is 0.135. The van der Waals surface area contributed by atoms with Crippen LogP contribution < -0.4 is 10.6 Å². The predicted molar refractivity (Wildman–Crippen MR) is 116 cm³/mol. The van der Waals surface area contributed by atoms with Crippen molar-refractivity contribution < 1.29 is 9.72 Å². The molecule has 29 heavy (non-hydrogen) atoms. The monoisotopic (exact) mass is 409 g/mol. The van der Waals surface area contributed by atoms with Crippen LogP contribution in [-0.4, -0.2) is 10.8 Å². The highest BCUT2D eigenvalue weighted by atomic mass is 35.5. The lowest BCUT2D eigenvalue weighted by Crippen LogP contribution is -2.14. The van der Waals surface area contributed by atoms with Crippen molar-refractivity contribution in [1.82, 2.24) is 0 Å². The quantitative estimate of drug-likeness (QED) is 0.387. The average Bonchev–Trinajstić information content (AvgIpc) is 2.71. The number of nitrogens with zero attached hydrogens (tertiary/aromatic N) is 1. The minimum Gasteiger partial charge on any atom is -0.373 e. The third-order valence-corrected chi connectivity index (χ3v) is 4.81. The van der Waals surface area contributed by atoms with Crippen molar-refractivity contribution in [3.8, 4) is 0 Å². The number of aryl methyl sites for hydroxylation is 1. The van der Waals surface area contributed by atoms with Gasteiger partial charge in [0.15, 0.2) is 0 Å². The molecule has 0 spiro atoms. The van der Waals surface area contributed by atoms with E-state index in [9.17, 15) is 14.9 Å². The highest BCUT2D eigenvalue weighted by Crippen LogP contribution is 2.30. The molecule has 0 aromatic heterocycles. The topological polar surface area (TPSA) is 84.3 Å². The number of nitrogens with one attached hydrogen (secondary N) is 2. The summed E-state index contributed by atoms with van der Waals surface area (Å²) < 4.78 is 0. The normalized spacial score (nSPS) is 11.6. The van der Waals surface area contributed by atoms with E-state index in [0.717, 1.165) is 11.1 Å². The Morgan fingerprint density at radius 2 is 1.76 bits per heavy atom. The Morgan fingerprint density at radius 3 is 2.45 bits per heavy atom. The number of hydrogen-bond acceptors (Lipinski definition) is 4. The van der Waals surface area contributed by atoms with Crippen molar-refractivity contribution in [3.63, 3.8) is 0 Å². The third kappa shape index (κ3) is 4.92. The molecule has 3 aromatic carbocycles. The molecule has 7 heteroatoms. The van der Waals surface area contributed by atoms with E-state index in [1.54, 1.807) is 30.3 Å². The van der Waals surface area contributed by atoms with Crippen LogP contribution in [0.1, 0.15) is 34.5 Å². The Labute approximate surface area is 173 Å². The largest absolute Gasteiger partial charge is 0.373 e. The van der Waals surface area contributed by atoms with Crippen LogP contribution in [0.3, 0.4) is 0 Å². The lowest BCUT2D eigenvalue weighted by atomic mass is 10.1. The van der Waals surface area contributed by atoms with E-state index in [0.29, 0.717) is 16.4 Å². The number of carbonyl (C=O) groups excluding carboxylic acids is 1. The lowest BCUT2D eigenvalue weighted by Gasteiger charge is -2.16. The predicted octanol–water partition coefficient (Wildman–Crippen LogP) is 5.98. The highest BCUT2D eigenvalue weighted by Gasteiger charge is 2.19. The SMILES string of the molecule is Cc1ccc(Cl)cc1NC(=O)c1ccc(N[C@@H](C)c2ccccc2)c([N+](=O)[O-])c1. The number of nitro groups is 1. The fourth-order valence-electron chi connectivity index (χ4n) is 2.93. The van der Waals surface area contributed by atoms with Gasteiger partial charge in [0.2, 0.25) is 0 Å². The molecule has 3 rings (SSSR count). The Bertz CT molecular complexity index is 1050. The summed E-state index contributed by atoms with van der Waals surface area (Å²) in [7, 11) is 0. The van der Waals surface area contributed by atoms with Crippen LogP contribution in [0.25, 0.3) is 0 Å². The van der Waals surface area contributed by atoms with Crippen molar-refractivity contribution in [2.24, 2.45) is 0 Å². The molecule has 0 radical (unpaired) electrons. The third-order valence-electron chi connectivity index (χ3n) is 4.58. The van der Waals surface area contributed by atoms with Crippen LogP contribution in [-0.2, 0) is 0 Å². The van der Waals surface area contributed by atoms with Gasteiger partial charge in [0.1, 0.15) is 5.69 Å². The van der Waals surface area contributed by atoms with Crippen LogP contribution in [0.4, 0.5) is 17.1 Å². The summed E-state index contributed by atoms with van der Waals surface area (Å²) in [5.41, 5.74) is 2.77. The first kappa shape index (κ1) is 20.4. The molecule has 0 saturated carbocycles. The van der Waals surface area contributed by atoms with Crippen LogP contribution in [0.15, 0.2) is 66.7 Å². The van der Waals surface area contributed by atoms with Gasteiger partial charge < -0.3 is 10.6 Å². The number of halogens is 1. The fourth-order valence-corrected chi connectivity index (χ4v) is 3.10. The summed E-state index contributed by atoms with van der Waals surface area (Å²) in [6.07, 6.45) is 0. The van der Waals surface area contributed by atoms with Crippen LogP contribution in [0.2, 0.25) is 5.02 Å². The second-order valence-electron chi connectivity index (χ2n) is 6.68. The molecule has 2 N–H and O–H groups in total. The van der Waals surface area contributed by atoms with Gasteiger partial charge in [0, 0.05) is 28.4 Å². The maximum atomic E-state index is 12.6. The van der Waals surface area contributed by atoms with Gasteiger partial charge in [0.05, 0.1) is 4.92 Å². The van der Waals surface area contributed by atoms with Crippen LogP contribution in [0.5, 0.6) is 0 Å². The van der Waals surface area contributed by atoms with E-state index >= 15 is 0 Å². The Hall–Kier alpha value is -3.38. The van der Waals surface area contributed by atoms with Gasteiger partial charge in [-0.25, -0.2) is 0 Å². The van der Waals surface area contributed by atoms with E-state index in [2.05, 4.69) is 10.6 Å². The van der Waals surface area contributed by atoms with Gasteiger partial charge in [-0.05, 0) is 49.2 Å². The first-order chi connectivity index (χ1) is 13.8. The maximum absolute atomic E-state index is 12.6. The summed E-state index contributed by atoms with van der Waals surface area (Å²) >= 11 is 5.98. The zero-order valence-electron chi connectivity index (χ0n) is 16.0. The van der Waals surface area contributed by atoms with Gasteiger partial charge in [-0.15, -0.1) is 0 Å². The smallest absolute Gasteiger partial charge is 0.293 e.